The van der Waals surface area contributed by atoms with Crippen LogP contribution >= 0.6 is 0 Å². The first-order valence-corrected chi connectivity index (χ1v) is 7.46. The third kappa shape index (κ3) is 4.44. The zero-order valence-electron chi connectivity index (χ0n) is 14.3. The molecule has 0 heterocycles. The van der Waals surface area contributed by atoms with E-state index in [-0.39, 0.29) is 0 Å². The summed E-state index contributed by atoms with van der Waals surface area (Å²) in [5, 5.41) is 10.4. The molecule has 0 N–H and O–H groups in total. The smallest absolute Gasteiger partial charge is 0.460 e. The summed E-state index contributed by atoms with van der Waals surface area (Å²) in [5.74, 6) is -37.7. The Morgan fingerprint density at radius 1 is 0.710 bits per heavy atom. The van der Waals surface area contributed by atoms with Crippen LogP contribution in [-0.2, 0) is 0 Å². The molecule has 0 saturated carbocycles. The molecule has 1 aromatic rings. The van der Waals surface area contributed by atoms with E-state index in [0.717, 1.165) is 24.3 Å². The van der Waals surface area contributed by atoms with Gasteiger partial charge in [0.15, 0.2) is 0 Å². The SMILES string of the molecule is O=[N+]([O-])c1ccc(OCCC(F)(F)C(F)(F)C(F)(F)C(F)(F)C(F)(F)C(F)(F)F)cc1. The first kappa shape index (κ1) is 26.5. The molecule has 0 spiro atoms. The molecule has 0 saturated heterocycles. The zero-order chi connectivity index (χ0) is 24.7. The van der Waals surface area contributed by atoms with Gasteiger partial charge in [-0.2, -0.15) is 57.1 Å². The maximum atomic E-state index is 13.5. The van der Waals surface area contributed by atoms with Gasteiger partial charge >= 0.3 is 35.8 Å². The molecule has 17 heteroatoms. The van der Waals surface area contributed by atoms with Crippen LogP contribution < -0.4 is 4.74 Å². The summed E-state index contributed by atoms with van der Waals surface area (Å²) in [6.07, 6.45) is -10.00. The standard InChI is InChI=1S/C14H8F13NO3/c15-9(16,5-6-31-8-3-1-7(2-4-8)28(29)30)10(17,18)11(19,20)12(21,22)13(23,24)14(25,26)27/h1-4H,5-6H2. The highest BCUT2D eigenvalue weighted by molar-refractivity contribution is 5.35. The highest BCUT2D eigenvalue weighted by atomic mass is 19.4. The number of nitrogens with zero attached hydrogens (tertiary/aromatic N) is 1. The van der Waals surface area contributed by atoms with Gasteiger partial charge in [0.1, 0.15) is 5.75 Å². The van der Waals surface area contributed by atoms with Crippen LogP contribution in [0.5, 0.6) is 5.75 Å². The average molecular weight is 485 g/mol. The van der Waals surface area contributed by atoms with E-state index in [1.54, 1.807) is 0 Å². The molecule has 178 valence electrons. The Morgan fingerprint density at radius 3 is 1.52 bits per heavy atom. The minimum absolute atomic E-state index is 0.509. The minimum Gasteiger partial charge on any atom is -0.493 e. The predicted octanol–water partition coefficient (Wildman–Crippen LogP) is 6.10. The lowest BCUT2D eigenvalue weighted by Crippen LogP contribution is -2.70. The van der Waals surface area contributed by atoms with E-state index in [2.05, 4.69) is 4.74 Å². The molecule has 31 heavy (non-hydrogen) atoms. The third-order valence-corrected chi connectivity index (χ3v) is 3.73. The van der Waals surface area contributed by atoms with Crippen molar-refractivity contribution in [1.82, 2.24) is 0 Å². The minimum atomic E-state index is -7.95. The van der Waals surface area contributed by atoms with Gasteiger partial charge in [-0.15, -0.1) is 0 Å². The van der Waals surface area contributed by atoms with Crippen LogP contribution in [0.4, 0.5) is 62.8 Å². The maximum absolute atomic E-state index is 13.5. The molecule has 0 aromatic heterocycles. The molecular weight excluding hydrogens is 477 g/mol. The van der Waals surface area contributed by atoms with Gasteiger partial charge in [-0.1, -0.05) is 0 Å². The Bertz CT molecular complexity index is 790. The highest BCUT2D eigenvalue weighted by Crippen LogP contribution is 2.60. The van der Waals surface area contributed by atoms with Gasteiger partial charge in [0.2, 0.25) is 0 Å². The van der Waals surface area contributed by atoms with Crippen LogP contribution in [0.1, 0.15) is 6.42 Å². The number of alkyl halides is 13. The molecule has 1 aromatic carbocycles. The number of ether oxygens (including phenoxy) is 1. The van der Waals surface area contributed by atoms with Crippen molar-refractivity contribution in [3.8, 4) is 5.75 Å². The molecule has 0 aliphatic carbocycles. The summed E-state index contributed by atoms with van der Waals surface area (Å²) in [5.41, 5.74) is -0.531. The quantitative estimate of drug-likeness (QED) is 0.241. The van der Waals surface area contributed by atoms with E-state index in [1.807, 2.05) is 0 Å². The van der Waals surface area contributed by atoms with Crippen LogP contribution in [0, 0.1) is 10.1 Å². The number of benzene rings is 1. The average Bonchev–Trinajstić information content (AvgIpc) is 2.60. The molecule has 0 amide bonds. The van der Waals surface area contributed by atoms with Crippen molar-refractivity contribution in [3.05, 3.63) is 34.4 Å². The second-order valence-corrected chi connectivity index (χ2v) is 5.85. The Balaban J connectivity index is 3.06. The number of nitro groups is 1. The summed E-state index contributed by atoms with van der Waals surface area (Å²) in [7, 11) is 0. The van der Waals surface area contributed by atoms with Gasteiger partial charge in [0.05, 0.1) is 18.0 Å². The van der Waals surface area contributed by atoms with Gasteiger partial charge in [0, 0.05) is 12.1 Å². The molecule has 0 aliphatic heterocycles. The molecule has 0 unspecified atom stereocenters. The van der Waals surface area contributed by atoms with Crippen LogP contribution in [0.2, 0.25) is 0 Å². The van der Waals surface area contributed by atoms with Crippen molar-refractivity contribution >= 4 is 5.69 Å². The van der Waals surface area contributed by atoms with Crippen molar-refractivity contribution in [3.63, 3.8) is 0 Å². The fraction of sp³-hybridized carbons (Fsp3) is 0.571. The molecule has 0 aliphatic rings. The Hall–Kier alpha value is -2.49. The van der Waals surface area contributed by atoms with E-state index in [9.17, 15) is 67.2 Å². The lowest BCUT2D eigenvalue weighted by atomic mass is 9.93. The van der Waals surface area contributed by atoms with Crippen LogP contribution in [0.25, 0.3) is 0 Å². The van der Waals surface area contributed by atoms with Crippen LogP contribution in [0.3, 0.4) is 0 Å². The molecule has 0 atom stereocenters. The van der Waals surface area contributed by atoms with Crippen LogP contribution in [0.15, 0.2) is 24.3 Å². The van der Waals surface area contributed by atoms with E-state index in [1.165, 1.54) is 0 Å². The van der Waals surface area contributed by atoms with Gasteiger partial charge in [-0.3, -0.25) is 10.1 Å². The van der Waals surface area contributed by atoms with Crippen molar-refractivity contribution in [1.29, 1.82) is 0 Å². The number of hydrogen-bond donors (Lipinski definition) is 0. The summed E-state index contributed by atoms with van der Waals surface area (Å²) in [6.45, 7) is -1.64. The van der Waals surface area contributed by atoms with Crippen LogP contribution in [-0.4, -0.2) is 47.3 Å². The summed E-state index contributed by atoms with van der Waals surface area (Å²) < 4.78 is 172. The number of hydrogen-bond acceptors (Lipinski definition) is 3. The Kier molecular flexibility index (Phi) is 6.75. The fourth-order valence-corrected chi connectivity index (χ4v) is 1.92. The normalized spacial score (nSPS) is 14.5. The second kappa shape index (κ2) is 7.89. The number of nitro benzene ring substituents is 1. The Morgan fingerprint density at radius 2 is 1.13 bits per heavy atom. The van der Waals surface area contributed by atoms with Crippen molar-refractivity contribution in [2.45, 2.75) is 42.2 Å². The van der Waals surface area contributed by atoms with Gasteiger partial charge in [-0.25, -0.2) is 0 Å². The predicted molar refractivity (Wildman–Crippen MR) is 74.0 cm³/mol. The lowest BCUT2D eigenvalue weighted by molar-refractivity contribution is -0.440. The summed E-state index contributed by atoms with van der Waals surface area (Å²) in [4.78, 5) is 9.50. The van der Waals surface area contributed by atoms with Gasteiger partial charge in [0.25, 0.3) is 5.69 Å². The molecular formula is C14H8F13NO3. The van der Waals surface area contributed by atoms with Crippen molar-refractivity contribution in [2.75, 3.05) is 6.61 Å². The molecule has 0 fully saturated rings. The first-order valence-electron chi connectivity index (χ1n) is 7.46. The molecule has 0 radical (unpaired) electrons. The monoisotopic (exact) mass is 485 g/mol. The summed E-state index contributed by atoms with van der Waals surface area (Å²) in [6, 6.07) is 2.99. The maximum Gasteiger partial charge on any atom is 0.460 e. The molecule has 1 rings (SSSR count). The Labute approximate surface area is 162 Å². The zero-order valence-corrected chi connectivity index (χ0v) is 14.3. The lowest BCUT2D eigenvalue weighted by Gasteiger charge is -2.39. The third-order valence-electron chi connectivity index (χ3n) is 3.73. The summed E-state index contributed by atoms with van der Waals surface area (Å²) >= 11 is 0. The highest BCUT2D eigenvalue weighted by Gasteiger charge is 2.90. The molecule has 0 bridgehead atoms. The van der Waals surface area contributed by atoms with E-state index >= 15 is 0 Å². The van der Waals surface area contributed by atoms with E-state index in [4.69, 9.17) is 0 Å². The van der Waals surface area contributed by atoms with Crippen molar-refractivity contribution in [2.24, 2.45) is 0 Å². The topological polar surface area (TPSA) is 52.4 Å². The number of halogens is 13. The van der Waals surface area contributed by atoms with E-state index < -0.39 is 65.2 Å². The number of non-ortho nitro benzene ring substituents is 1. The van der Waals surface area contributed by atoms with E-state index in [0.29, 0.717) is 0 Å². The second-order valence-electron chi connectivity index (χ2n) is 5.85. The first-order chi connectivity index (χ1) is 13.6. The number of rotatable bonds is 9. The fourth-order valence-electron chi connectivity index (χ4n) is 1.92. The van der Waals surface area contributed by atoms with Gasteiger partial charge < -0.3 is 4.74 Å². The largest absolute Gasteiger partial charge is 0.493 e. The van der Waals surface area contributed by atoms with Gasteiger partial charge in [-0.05, 0) is 12.1 Å². The van der Waals surface area contributed by atoms with Crippen molar-refractivity contribution < 1.29 is 66.7 Å². The molecule has 4 nitrogen and oxygen atoms in total.